The van der Waals surface area contributed by atoms with E-state index in [1.165, 1.54) is 11.8 Å². The Labute approximate surface area is 196 Å². The van der Waals surface area contributed by atoms with E-state index in [9.17, 15) is 4.79 Å². The first-order valence-electron chi connectivity index (χ1n) is 10.9. The first kappa shape index (κ1) is 21.3. The fraction of sp³-hybridized carbons (Fsp3) is 0.192. The minimum atomic E-state index is -0.0319. The first-order chi connectivity index (χ1) is 16.3. The molecule has 1 aromatic heterocycles. The van der Waals surface area contributed by atoms with Crippen molar-refractivity contribution >= 4 is 28.4 Å². The van der Waals surface area contributed by atoms with Crippen molar-refractivity contribution in [2.75, 3.05) is 25.5 Å². The number of hydrogen-bond acceptors (Lipinski definition) is 6. The molecule has 0 fully saturated rings. The van der Waals surface area contributed by atoms with Gasteiger partial charge in [-0.3, -0.25) is 4.79 Å². The highest BCUT2D eigenvalue weighted by Gasteiger charge is 2.14. The zero-order valence-corrected chi connectivity index (χ0v) is 18.8. The topological polar surface area (TPSA) is 73.3 Å². The Balaban J connectivity index is 1.20. The zero-order chi connectivity index (χ0) is 22.5. The largest absolute Gasteiger partial charge is 0.486 e. The van der Waals surface area contributed by atoms with Crippen LogP contribution in [0.25, 0.3) is 22.0 Å². The summed E-state index contributed by atoms with van der Waals surface area (Å²) in [5.74, 6) is 1.79. The van der Waals surface area contributed by atoms with Crippen LogP contribution < -0.4 is 14.8 Å². The minimum absolute atomic E-state index is 0.0319. The average Bonchev–Trinajstić information content (AvgIpc) is 2.87. The van der Waals surface area contributed by atoms with Crippen LogP contribution in [0.2, 0.25) is 0 Å². The Morgan fingerprint density at radius 2 is 1.64 bits per heavy atom. The summed E-state index contributed by atoms with van der Waals surface area (Å²) in [5.41, 5.74) is 2.97. The number of hydrogen-bond donors (Lipinski definition) is 1. The summed E-state index contributed by atoms with van der Waals surface area (Å²) >= 11 is 1.40. The van der Waals surface area contributed by atoms with Gasteiger partial charge in [0.05, 0.1) is 5.75 Å². The third kappa shape index (κ3) is 4.93. The maximum Gasteiger partial charge on any atom is 0.230 e. The number of nitrogens with zero attached hydrogens (tertiary/aromatic N) is 2. The maximum atomic E-state index is 12.4. The van der Waals surface area contributed by atoms with Crippen LogP contribution in [0.15, 0.2) is 77.8 Å². The van der Waals surface area contributed by atoms with Gasteiger partial charge in [-0.05, 0) is 24.1 Å². The molecule has 1 N–H and O–H groups in total. The molecule has 0 saturated carbocycles. The normalized spacial score (nSPS) is 12.5. The van der Waals surface area contributed by atoms with Crippen LogP contribution in [0, 0.1) is 0 Å². The molecule has 4 aromatic rings. The molecule has 5 rings (SSSR count). The second-order valence-corrected chi connectivity index (χ2v) is 8.60. The molecule has 0 unspecified atom stereocenters. The molecule has 0 spiro atoms. The van der Waals surface area contributed by atoms with E-state index in [0.717, 1.165) is 50.5 Å². The zero-order valence-electron chi connectivity index (χ0n) is 18.0. The lowest BCUT2D eigenvalue weighted by atomic mass is 10.1. The van der Waals surface area contributed by atoms with Crippen LogP contribution in [0.3, 0.4) is 0 Å². The van der Waals surface area contributed by atoms with E-state index in [2.05, 4.69) is 15.5 Å². The molecule has 1 amide bonds. The number of carbonyl (C=O) groups is 1. The lowest BCUT2D eigenvalue weighted by molar-refractivity contribution is -0.118. The van der Waals surface area contributed by atoms with Gasteiger partial charge in [0.25, 0.3) is 0 Å². The van der Waals surface area contributed by atoms with Gasteiger partial charge < -0.3 is 14.8 Å². The van der Waals surface area contributed by atoms with Crippen molar-refractivity contribution in [1.29, 1.82) is 0 Å². The summed E-state index contributed by atoms with van der Waals surface area (Å²) in [6.45, 7) is 1.70. The van der Waals surface area contributed by atoms with Crippen molar-refractivity contribution in [3.8, 4) is 22.8 Å². The van der Waals surface area contributed by atoms with Crippen LogP contribution >= 0.6 is 11.8 Å². The number of ether oxygens (including phenoxy) is 2. The van der Waals surface area contributed by atoms with E-state index in [1.807, 2.05) is 72.8 Å². The molecule has 0 radical (unpaired) electrons. The molecule has 0 bridgehead atoms. The molecule has 2 heterocycles. The summed E-state index contributed by atoms with van der Waals surface area (Å²) in [4.78, 5) is 12.4. The van der Waals surface area contributed by atoms with Gasteiger partial charge in [0.15, 0.2) is 11.5 Å². The SMILES string of the molecule is O=C(CSc1nnc(-c2ccccc2)c2ccccc12)NCCc1ccc2c(c1)OCCO2. The van der Waals surface area contributed by atoms with Crippen molar-refractivity contribution in [1.82, 2.24) is 15.5 Å². The second-order valence-electron chi connectivity index (χ2n) is 7.63. The molecule has 1 aliphatic rings. The van der Waals surface area contributed by atoms with E-state index in [-0.39, 0.29) is 11.7 Å². The average molecular weight is 458 g/mol. The van der Waals surface area contributed by atoms with E-state index in [0.29, 0.717) is 19.8 Å². The van der Waals surface area contributed by atoms with Gasteiger partial charge in [-0.1, -0.05) is 72.4 Å². The van der Waals surface area contributed by atoms with Crippen LogP contribution in [0.1, 0.15) is 5.56 Å². The molecule has 166 valence electrons. The molecule has 0 saturated heterocycles. The lowest BCUT2D eigenvalue weighted by Crippen LogP contribution is -2.27. The summed E-state index contributed by atoms with van der Waals surface area (Å²) in [6.07, 6.45) is 0.724. The maximum absolute atomic E-state index is 12.4. The highest BCUT2D eigenvalue weighted by molar-refractivity contribution is 8.00. The van der Waals surface area contributed by atoms with Crippen molar-refractivity contribution in [2.24, 2.45) is 0 Å². The number of nitrogens with one attached hydrogen (secondary N) is 1. The summed E-state index contributed by atoms with van der Waals surface area (Å²) in [5, 5.41) is 14.7. The summed E-state index contributed by atoms with van der Waals surface area (Å²) < 4.78 is 11.2. The molecule has 0 aliphatic carbocycles. The second kappa shape index (κ2) is 9.92. The molecular formula is C26H23N3O3S. The van der Waals surface area contributed by atoms with E-state index in [4.69, 9.17) is 9.47 Å². The quantitative estimate of drug-likeness (QED) is 0.412. The van der Waals surface area contributed by atoms with Crippen LogP contribution in [0.5, 0.6) is 11.5 Å². The van der Waals surface area contributed by atoms with Crippen LogP contribution in [-0.4, -0.2) is 41.6 Å². The van der Waals surface area contributed by atoms with Gasteiger partial charge in [-0.15, -0.1) is 10.2 Å². The highest BCUT2D eigenvalue weighted by atomic mass is 32.2. The standard InChI is InChI=1S/C26H23N3O3S/c30-24(27-13-12-18-10-11-22-23(16-18)32-15-14-31-22)17-33-26-21-9-5-4-8-20(21)25(28-29-26)19-6-2-1-3-7-19/h1-11,16H,12-15,17H2,(H,27,30). The number of rotatable bonds is 7. The van der Waals surface area contributed by atoms with Crippen molar-refractivity contribution in [2.45, 2.75) is 11.4 Å². The van der Waals surface area contributed by atoms with Gasteiger partial charge in [0.1, 0.15) is 23.9 Å². The van der Waals surface area contributed by atoms with Gasteiger partial charge in [-0.2, -0.15) is 0 Å². The lowest BCUT2D eigenvalue weighted by Gasteiger charge is -2.18. The van der Waals surface area contributed by atoms with Crippen molar-refractivity contribution in [3.05, 3.63) is 78.4 Å². The van der Waals surface area contributed by atoms with Crippen LogP contribution in [0.4, 0.5) is 0 Å². The Hall–Kier alpha value is -3.58. The highest BCUT2D eigenvalue weighted by Crippen LogP contribution is 2.32. The number of carbonyl (C=O) groups excluding carboxylic acids is 1. The van der Waals surface area contributed by atoms with Gasteiger partial charge in [-0.25, -0.2) is 0 Å². The Bertz CT molecular complexity index is 1280. The number of benzene rings is 3. The van der Waals surface area contributed by atoms with Crippen molar-refractivity contribution in [3.63, 3.8) is 0 Å². The number of amides is 1. The van der Waals surface area contributed by atoms with Gasteiger partial charge in [0, 0.05) is 22.9 Å². The third-order valence-electron chi connectivity index (χ3n) is 5.38. The fourth-order valence-electron chi connectivity index (χ4n) is 3.77. The van der Waals surface area contributed by atoms with Gasteiger partial charge in [0.2, 0.25) is 5.91 Å². The Kier molecular flexibility index (Phi) is 6.39. The molecule has 7 heteroatoms. The number of fused-ring (bicyclic) bond motifs is 2. The predicted octanol–water partition coefficient (Wildman–Crippen LogP) is 4.52. The molecule has 0 atom stereocenters. The van der Waals surface area contributed by atoms with Crippen LogP contribution in [-0.2, 0) is 11.2 Å². The molecule has 3 aromatic carbocycles. The predicted molar refractivity (Wildman–Crippen MR) is 130 cm³/mol. The minimum Gasteiger partial charge on any atom is -0.486 e. The monoisotopic (exact) mass is 457 g/mol. The summed E-state index contributed by atoms with van der Waals surface area (Å²) in [6, 6.07) is 24.0. The third-order valence-corrected chi connectivity index (χ3v) is 6.36. The molecular weight excluding hydrogens is 434 g/mol. The van der Waals surface area contributed by atoms with E-state index < -0.39 is 0 Å². The number of thioether (sulfide) groups is 1. The van der Waals surface area contributed by atoms with E-state index >= 15 is 0 Å². The molecule has 6 nitrogen and oxygen atoms in total. The Morgan fingerprint density at radius 1 is 0.879 bits per heavy atom. The smallest absolute Gasteiger partial charge is 0.230 e. The van der Waals surface area contributed by atoms with Crippen molar-refractivity contribution < 1.29 is 14.3 Å². The van der Waals surface area contributed by atoms with Gasteiger partial charge >= 0.3 is 0 Å². The first-order valence-corrected chi connectivity index (χ1v) is 11.9. The molecule has 1 aliphatic heterocycles. The van der Waals surface area contributed by atoms with E-state index in [1.54, 1.807) is 0 Å². The number of aromatic nitrogens is 2. The summed E-state index contributed by atoms with van der Waals surface area (Å²) in [7, 11) is 0. The molecule has 33 heavy (non-hydrogen) atoms. The Morgan fingerprint density at radius 3 is 2.48 bits per heavy atom. The fourth-order valence-corrected chi connectivity index (χ4v) is 4.57.